The summed E-state index contributed by atoms with van der Waals surface area (Å²) in [5, 5.41) is 29.4. The van der Waals surface area contributed by atoms with Gasteiger partial charge in [-0.05, 0) is 92.6 Å². The number of nitrogens with zero attached hydrogens (tertiary/aromatic N) is 3. The Hall–Kier alpha value is -3.22. The lowest BCUT2D eigenvalue weighted by Gasteiger charge is -2.62. The predicted octanol–water partition coefficient (Wildman–Crippen LogP) is 4.30. The molecule has 11 nitrogen and oxygen atoms in total. The van der Waals surface area contributed by atoms with Gasteiger partial charge in [-0.25, -0.2) is 0 Å². The number of aliphatic hydroxyl groups excluding tert-OH is 2. The zero-order valence-electron chi connectivity index (χ0n) is 32.4. The number of anilines is 1. The van der Waals surface area contributed by atoms with Crippen molar-refractivity contribution in [2.24, 2.45) is 29.1 Å². The van der Waals surface area contributed by atoms with Crippen LogP contribution in [0.5, 0.6) is 5.75 Å². The molecule has 2 aliphatic heterocycles. The molecule has 3 aliphatic carbocycles. The number of para-hydroxylation sites is 1. The molecule has 1 unspecified atom stereocenters. The highest BCUT2D eigenvalue weighted by atomic mass is 16.7. The SMILES string of the molecule is CCN1CCCC1CNC(=O)c1cc(-c2cccc(CN3O[C@@H](CO)[C@@H]([C@H](C)O)[C@H]3C(=O)N[C@H]3C[C@H]4C[C@@H]([C@@H]3C)C4(C)C)c2OC)cc(N(C)C)c1. The first-order valence-corrected chi connectivity index (χ1v) is 19.3. The van der Waals surface area contributed by atoms with E-state index in [-0.39, 0.29) is 36.4 Å². The molecule has 0 spiro atoms. The summed E-state index contributed by atoms with van der Waals surface area (Å²) in [6, 6.07) is 11.3. The topological polar surface area (TPSA) is 127 Å². The van der Waals surface area contributed by atoms with Crippen molar-refractivity contribution < 1.29 is 29.4 Å². The Morgan fingerprint density at radius 2 is 1.94 bits per heavy atom. The van der Waals surface area contributed by atoms with Crippen molar-refractivity contribution in [2.45, 2.75) is 97.2 Å². The van der Waals surface area contributed by atoms with Crippen molar-refractivity contribution in [2.75, 3.05) is 52.3 Å². The number of hydrogen-bond donors (Lipinski definition) is 4. The monoisotopic (exact) mass is 719 g/mol. The third-order valence-electron chi connectivity index (χ3n) is 13.1. The number of benzene rings is 2. The van der Waals surface area contributed by atoms with E-state index in [0.717, 1.165) is 54.7 Å². The molecule has 2 bridgehead atoms. The second kappa shape index (κ2) is 15.6. The Morgan fingerprint density at radius 3 is 2.58 bits per heavy atom. The summed E-state index contributed by atoms with van der Waals surface area (Å²) in [5.74, 6) is 1.15. The van der Waals surface area contributed by atoms with Crippen molar-refractivity contribution in [3.63, 3.8) is 0 Å². The van der Waals surface area contributed by atoms with Crippen molar-refractivity contribution in [1.82, 2.24) is 20.6 Å². The van der Waals surface area contributed by atoms with E-state index in [1.807, 2.05) is 55.4 Å². The molecule has 11 heteroatoms. The van der Waals surface area contributed by atoms with E-state index < -0.39 is 24.2 Å². The number of ether oxygens (including phenoxy) is 1. The van der Waals surface area contributed by atoms with Gasteiger partial charge < -0.3 is 30.5 Å². The Balaban J connectivity index is 1.27. The summed E-state index contributed by atoms with van der Waals surface area (Å²) in [6.07, 6.45) is 2.75. The van der Waals surface area contributed by atoms with Crippen molar-refractivity contribution in [3.05, 3.63) is 47.5 Å². The fourth-order valence-electron chi connectivity index (χ4n) is 9.84. The molecule has 286 valence electrons. The van der Waals surface area contributed by atoms with Gasteiger partial charge in [0.25, 0.3) is 5.91 Å². The van der Waals surface area contributed by atoms with E-state index in [2.05, 4.69) is 43.2 Å². The Morgan fingerprint density at radius 1 is 1.17 bits per heavy atom. The van der Waals surface area contributed by atoms with Crippen LogP contribution in [0, 0.1) is 29.1 Å². The van der Waals surface area contributed by atoms with E-state index >= 15 is 0 Å². The van der Waals surface area contributed by atoms with Crippen LogP contribution in [0.1, 0.15) is 76.2 Å². The highest BCUT2D eigenvalue weighted by Gasteiger charge is 2.57. The number of likely N-dealkylation sites (N-methyl/N-ethyl adjacent to an activating group) is 1. The molecule has 2 aromatic rings. The lowest BCUT2D eigenvalue weighted by atomic mass is 9.45. The molecule has 2 heterocycles. The molecule has 7 rings (SSSR count). The second-order valence-electron chi connectivity index (χ2n) is 16.5. The van der Waals surface area contributed by atoms with Gasteiger partial charge in [-0.2, -0.15) is 5.06 Å². The van der Waals surface area contributed by atoms with Crippen molar-refractivity contribution in [3.8, 4) is 16.9 Å². The number of carbonyl (C=O) groups is 2. The number of hydrogen-bond acceptors (Lipinski definition) is 9. The summed E-state index contributed by atoms with van der Waals surface area (Å²) >= 11 is 0. The summed E-state index contributed by atoms with van der Waals surface area (Å²) in [7, 11) is 5.53. The lowest BCUT2D eigenvalue weighted by molar-refractivity contribution is -0.183. The summed E-state index contributed by atoms with van der Waals surface area (Å²) in [5.41, 5.74) is 4.14. The third kappa shape index (κ3) is 7.31. The molecule has 2 aromatic carbocycles. The van der Waals surface area contributed by atoms with Gasteiger partial charge in [0, 0.05) is 61.0 Å². The van der Waals surface area contributed by atoms with E-state index in [1.165, 1.54) is 6.42 Å². The molecule has 52 heavy (non-hydrogen) atoms. The van der Waals surface area contributed by atoms with Crippen LogP contribution in [0.3, 0.4) is 0 Å². The molecular formula is C41H61N5O6. The Labute approximate surface area is 310 Å². The first-order chi connectivity index (χ1) is 24.8. The molecule has 9 atom stereocenters. The van der Waals surface area contributed by atoms with Gasteiger partial charge in [-0.3, -0.25) is 19.3 Å². The van der Waals surface area contributed by atoms with Crippen LogP contribution < -0.4 is 20.3 Å². The van der Waals surface area contributed by atoms with E-state index in [9.17, 15) is 19.8 Å². The standard InChI is InChI=1S/C41H61N5O6/c1-9-45-15-11-13-30(45)21-42-39(49)28-16-27(17-31(18-28)44(6)7)32-14-10-12-26(38(32)51-8)22-46-37(36(25(3)48)35(23-47)52-46)40(50)43-34-20-29-19-33(24(34)2)41(29,4)5/h10,12,14,16-18,24-25,29-30,33-37,47-48H,9,11,13,15,19-23H2,1-8H3,(H,42,49)(H,43,50)/t24-,25-,29+,30?,33-,34-,35-,36+,37-/m0/s1. The van der Waals surface area contributed by atoms with Crippen LogP contribution in [0.2, 0.25) is 0 Å². The molecule has 5 fully saturated rings. The fourth-order valence-corrected chi connectivity index (χ4v) is 9.84. The number of rotatable bonds is 13. The van der Waals surface area contributed by atoms with Crippen LogP contribution >= 0.6 is 0 Å². The second-order valence-corrected chi connectivity index (χ2v) is 16.5. The van der Waals surface area contributed by atoms with Crippen molar-refractivity contribution >= 4 is 17.5 Å². The zero-order valence-corrected chi connectivity index (χ0v) is 32.4. The van der Waals surface area contributed by atoms with E-state index in [4.69, 9.17) is 9.57 Å². The number of hydroxylamine groups is 2. The van der Waals surface area contributed by atoms with Crippen LogP contribution in [0.15, 0.2) is 36.4 Å². The van der Waals surface area contributed by atoms with Crippen LogP contribution in [0.4, 0.5) is 5.69 Å². The number of amides is 2. The Kier molecular flexibility index (Phi) is 11.6. The van der Waals surface area contributed by atoms with E-state index in [1.54, 1.807) is 19.1 Å². The van der Waals surface area contributed by atoms with Crippen LogP contribution in [-0.2, 0) is 16.2 Å². The maximum atomic E-state index is 14.2. The molecule has 0 aromatic heterocycles. The van der Waals surface area contributed by atoms with E-state index in [0.29, 0.717) is 41.7 Å². The Bertz CT molecular complexity index is 1600. The lowest BCUT2D eigenvalue weighted by Crippen LogP contribution is -2.62. The fraction of sp³-hybridized carbons (Fsp3) is 0.659. The van der Waals surface area contributed by atoms with Crippen molar-refractivity contribution in [1.29, 1.82) is 0 Å². The molecule has 5 aliphatic rings. The number of likely N-dealkylation sites (tertiary alicyclic amines) is 1. The average molecular weight is 720 g/mol. The number of nitrogens with one attached hydrogen (secondary N) is 2. The van der Waals surface area contributed by atoms with Gasteiger partial charge in [0.1, 0.15) is 17.9 Å². The normalized spacial score (nSPS) is 30.4. The molecule has 2 amide bonds. The maximum absolute atomic E-state index is 14.2. The maximum Gasteiger partial charge on any atom is 0.251 e. The molecule has 2 saturated heterocycles. The van der Waals surface area contributed by atoms with Gasteiger partial charge in [0.15, 0.2) is 0 Å². The average Bonchev–Trinajstić information content (AvgIpc) is 3.75. The number of carbonyl (C=O) groups excluding carboxylic acids is 2. The highest BCUT2D eigenvalue weighted by molar-refractivity contribution is 5.97. The molecule has 3 saturated carbocycles. The highest BCUT2D eigenvalue weighted by Crippen LogP contribution is 2.61. The number of methoxy groups -OCH3 is 1. The third-order valence-corrected chi connectivity index (χ3v) is 13.1. The quantitative estimate of drug-likeness (QED) is 0.240. The molecule has 4 N–H and O–H groups in total. The summed E-state index contributed by atoms with van der Waals surface area (Å²) < 4.78 is 6.07. The zero-order chi connectivity index (χ0) is 37.5. The summed E-state index contributed by atoms with van der Waals surface area (Å²) in [6.45, 7) is 13.3. The minimum Gasteiger partial charge on any atom is -0.496 e. The first-order valence-electron chi connectivity index (χ1n) is 19.3. The summed E-state index contributed by atoms with van der Waals surface area (Å²) in [4.78, 5) is 38.5. The van der Waals surface area contributed by atoms with Gasteiger partial charge in [0.05, 0.1) is 26.4 Å². The largest absolute Gasteiger partial charge is 0.496 e. The van der Waals surface area contributed by atoms with Gasteiger partial charge in [-0.15, -0.1) is 0 Å². The minimum atomic E-state index is -0.890. The number of aliphatic hydroxyl groups is 2. The minimum absolute atomic E-state index is 0.0472. The molecule has 0 radical (unpaired) electrons. The van der Waals surface area contributed by atoms with Crippen LogP contribution in [-0.4, -0.2) is 110 Å². The predicted molar refractivity (Wildman–Crippen MR) is 203 cm³/mol. The van der Waals surface area contributed by atoms with Crippen LogP contribution in [0.25, 0.3) is 11.1 Å². The van der Waals surface area contributed by atoms with Gasteiger partial charge in [-0.1, -0.05) is 45.9 Å². The smallest absolute Gasteiger partial charge is 0.251 e. The first kappa shape index (κ1) is 38.5. The number of fused-ring (bicyclic) bond motifs is 2. The van der Waals surface area contributed by atoms with Gasteiger partial charge >= 0.3 is 0 Å². The van der Waals surface area contributed by atoms with Gasteiger partial charge in [0.2, 0.25) is 5.91 Å². The molecular weight excluding hydrogens is 658 g/mol.